The lowest BCUT2D eigenvalue weighted by Crippen LogP contribution is -3.00. The van der Waals surface area contributed by atoms with Gasteiger partial charge >= 0.3 is 0 Å². The first-order valence-corrected chi connectivity index (χ1v) is 8.88. The second-order valence-electron chi connectivity index (χ2n) is 6.81. The second-order valence-corrected chi connectivity index (χ2v) is 6.81. The van der Waals surface area contributed by atoms with Crippen LogP contribution < -0.4 is 33.9 Å². The van der Waals surface area contributed by atoms with Gasteiger partial charge in [-0.05, 0) is 48.9 Å². The van der Waals surface area contributed by atoms with Gasteiger partial charge in [-0.1, -0.05) is 24.3 Å². The number of rotatable bonds is 2. The van der Waals surface area contributed by atoms with Crippen LogP contribution in [0.1, 0.15) is 5.56 Å². The molecule has 0 amide bonds. The van der Waals surface area contributed by atoms with E-state index in [-0.39, 0.29) is 29.8 Å². The van der Waals surface area contributed by atoms with E-state index in [2.05, 4.69) is 35.1 Å². The van der Waals surface area contributed by atoms with Crippen LogP contribution in [-0.2, 0) is 7.05 Å². The number of aryl methyl sites for hydroxylation is 2. The molecule has 0 saturated carbocycles. The Bertz CT molecular complexity index is 1340. The third kappa shape index (κ3) is 2.81. The number of anilines is 2. The van der Waals surface area contributed by atoms with Gasteiger partial charge in [0.15, 0.2) is 0 Å². The zero-order valence-electron chi connectivity index (χ0n) is 15.5. The third-order valence-electron chi connectivity index (χ3n) is 5.11. The predicted molar refractivity (Wildman–Crippen MR) is 107 cm³/mol. The van der Waals surface area contributed by atoms with Crippen LogP contribution in [0.4, 0.5) is 15.8 Å². The van der Waals surface area contributed by atoms with Crippen molar-refractivity contribution in [2.45, 2.75) is 6.92 Å². The molecule has 0 bridgehead atoms. The molecular formula is C23H18FIN2O. The first kappa shape index (κ1) is 18.7. The number of hydrogen-bond acceptors (Lipinski definition) is 2. The summed E-state index contributed by atoms with van der Waals surface area (Å²) in [5.74, 6) is -0.240. The highest BCUT2D eigenvalue weighted by Crippen LogP contribution is 2.37. The van der Waals surface area contributed by atoms with Crippen LogP contribution in [0.5, 0.6) is 0 Å². The largest absolute Gasteiger partial charge is 1.00 e. The fraction of sp³-hybridized carbons (Fsp3) is 0.0870. The van der Waals surface area contributed by atoms with E-state index < -0.39 is 0 Å². The summed E-state index contributed by atoms with van der Waals surface area (Å²) in [6, 6.07) is 21.0. The zero-order chi connectivity index (χ0) is 18.5. The van der Waals surface area contributed by atoms with Crippen LogP contribution in [-0.4, -0.2) is 0 Å². The lowest BCUT2D eigenvalue weighted by atomic mass is 10.1. The van der Waals surface area contributed by atoms with Crippen LogP contribution >= 0.6 is 0 Å². The molecule has 0 saturated heterocycles. The summed E-state index contributed by atoms with van der Waals surface area (Å²) in [6.45, 7) is 1.90. The molecule has 5 aromatic rings. The van der Waals surface area contributed by atoms with Gasteiger partial charge in [0, 0.05) is 11.8 Å². The number of para-hydroxylation sites is 2. The van der Waals surface area contributed by atoms with Gasteiger partial charge < -0.3 is 33.7 Å². The number of benzene rings is 3. The van der Waals surface area contributed by atoms with Crippen LogP contribution in [0.2, 0.25) is 0 Å². The number of pyridine rings is 1. The number of halogens is 2. The van der Waals surface area contributed by atoms with E-state index in [0.717, 1.165) is 49.9 Å². The van der Waals surface area contributed by atoms with Crippen molar-refractivity contribution in [3.63, 3.8) is 0 Å². The van der Waals surface area contributed by atoms with Gasteiger partial charge in [-0.2, -0.15) is 4.57 Å². The van der Waals surface area contributed by atoms with Crippen molar-refractivity contribution in [1.29, 1.82) is 0 Å². The maximum atomic E-state index is 13.5. The number of hydrogen-bond donors (Lipinski definition) is 1. The minimum atomic E-state index is -0.240. The standard InChI is InChI=1S/C23H17FN2O.HI/c1-14-13-15(24)11-12-18(14)25-21-16-7-3-5-9-19(16)26(2)22-17-8-4-6-10-20(17)27-23(21)22;/h3-13H,1-2H3;1H. The minimum Gasteiger partial charge on any atom is -1.00 e. The summed E-state index contributed by atoms with van der Waals surface area (Å²) in [6.07, 6.45) is 0. The lowest BCUT2D eigenvalue weighted by Gasteiger charge is -2.12. The van der Waals surface area contributed by atoms with Crippen molar-refractivity contribution in [2.24, 2.45) is 7.05 Å². The normalized spacial score (nSPS) is 11.1. The van der Waals surface area contributed by atoms with Gasteiger partial charge in [0.2, 0.25) is 11.1 Å². The Balaban J connectivity index is 0.00000192. The summed E-state index contributed by atoms with van der Waals surface area (Å²) >= 11 is 0. The molecule has 0 aliphatic carbocycles. The third-order valence-corrected chi connectivity index (χ3v) is 5.11. The molecule has 140 valence electrons. The van der Waals surface area contributed by atoms with Crippen LogP contribution in [0.25, 0.3) is 33.0 Å². The Kier molecular flexibility index (Phi) is 4.71. The Morgan fingerprint density at radius 1 is 0.929 bits per heavy atom. The molecule has 28 heavy (non-hydrogen) atoms. The first-order valence-electron chi connectivity index (χ1n) is 8.88. The summed E-state index contributed by atoms with van der Waals surface area (Å²) in [7, 11) is 2.06. The van der Waals surface area contributed by atoms with Crippen molar-refractivity contribution in [3.05, 3.63) is 78.1 Å². The van der Waals surface area contributed by atoms with Gasteiger partial charge in [-0.15, -0.1) is 0 Å². The molecule has 0 aliphatic heterocycles. The topological polar surface area (TPSA) is 29.1 Å². The monoisotopic (exact) mass is 484 g/mol. The molecule has 3 nitrogen and oxygen atoms in total. The van der Waals surface area contributed by atoms with Gasteiger partial charge in [0.25, 0.3) is 5.52 Å². The number of fused-ring (bicyclic) bond motifs is 4. The Hall–Kier alpha value is -2.67. The van der Waals surface area contributed by atoms with E-state index in [9.17, 15) is 4.39 Å². The molecule has 2 aromatic heterocycles. The van der Waals surface area contributed by atoms with E-state index in [1.807, 2.05) is 37.3 Å². The molecule has 2 heterocycles. The van der Waals surface area contributed by atoms with Crippen LogP contribution in [0.15, 0.2) is 71.1 Å². The molecular weight excluding hydrogens is 466 g/mol. The van der Waals surface area contributed by atoms with Crippen molar-refractivity contribution < 1.29 is 37.4 Å². The molecule has 0 fully saturated rings. The number of furan rings is 1. The van der Waals surface area contributed by atoms with Gasteiger partial charge in [0.05, 0.1) is 10.8 Å². The molecule has 0 aliphatic rings. The summed E-state index contributed by atoms with van der Waals surface area (Å²) in [4.78, 5) is 0. The Morgan fingerprint density at radius 3 is 2.43 bits per heavy atom. The van der Waals surface area contributed by atoms with Crippen molar-refractivity contribution >= 4 is 44.3 Å². The first-order chi connectivity index (χ1) is 13.1. The lowest BCUT2D eigenvalue weighted by molar-refractivity contribution is -0.616. The summed E-state index contributed by atoms with van der Waals surface area (Å²) in [5, 5.41) is 5.62. The molecule has 3 aromatic carbocycles. The van der Waals surface area contributed by atoms with Crippen LogP contribution in [0.3, 0.4) is 0 Å². The Labute approximate surface area is 178 Å². The summed E-state index contributed by atoms with van der Waals surface area (Å²) in [5.41, 5.74) is 6.36. The maximum absolute atomic E-state index is 13.5. The molecule has 0 atom stereocenters. The number of nitrogens with zero attached hydrogens (tertiary/aromatic N) is 1. The average Bonchev–Trinajstić information content (AvgIpc) is 3.06. The molecule has 0 unspecified atom stereocenters. The second kappa shape index (κ2) is 7.05. The Morgan fingerprint density at radius 2 is 1.64 bits per heavy atom. The smallest absolute Gasteiger partial charge is 0.261 e. The van der Waals surface area contributed by atoms with Crippen molar-refractivity contribution in [1.82, 2.24) is 0 Å². The fourth-order valence-corrected chi connectivity index (χ4v) is 3.78. The maximum Gasteiger partial charge on any atom is 0.261 e. The fourth-order valence-electron chi connectivity index (χ4n) is 3.78. The zero-order valence-corrected chi connectivity index (χ0v) is 17.6. The highest BCUT2D eigenvalue weighted by molar-refractivity contribution is 6.12. The number of nitrogens with one attached hydrogen (secondary N) is 1. The molecule has 0 spiro atoms. The van der Waals surface area contributed by atoms with E-state index in [1.165, 1.54) is 12.1 Å². The minimum absolute atomic E-state index is 0. The van der Waals surface area contributed by atoms with E-state index >= 15 is 0 Å². The molecule has 0 radical (unpaired) electrons. The van der Waals surface area contributed by atoms with E-state index in [4.69, 9.17) is 4.42 Å². The van der Waals surface area contributed by atoms with Crippen molar-refractivity contribution in [2.75, 3.05) is 5.32 Å². The molecule has 1 N–H and O–H groups in total. The predicted octanol–water partition coefficient (Wildman–Crippen LogP) is 2.76. The van der Waals surface area contributed by atoms with Crippen molar-refractivity contribution in [3.8, 4) is 0 Å². The highest BCUT2D eigenvalue weighted by Gasteiger charge is 2.24. The molecule has 5 heteroatoms. The molecule has 5 rings (SSSR count). The van der Waals surface area contributed by atoms with Gasteiger partial charge in [-0.3, -0.25) is 0 Å². The summed E-state index contributed by atoms with van der Waals surface area (Å²) < 4.78 is 22.0. The highest BCUT2D eigenvalue weighted by atomic mass is 127. The quantitative estimate of drug-likeness (QED) is 0.309. The van der Waals surface area contributed by atoms with Gasteiger partial charge in [-0.25, -0.2) is 4.39 Å². The SMILES string of the molecule is Cc1cc(F)ccc1Nc1c2ccccc2[n+](C)c2c1oc1ccccc12.[I-]. The number of aromatic nitrogens is 1. The van der Waals surface area contributed by atoms with Gasteiger partial charge in [0.1, 0.15) is 24.1 Å². The van der Waals surface area contributed by atoms with E-state index in [1.54, 1.807) is 6.07 Å². The van der Waals surface area contributed by atoms with Crippen LogP contribution in [0, 0.1) is 12.7 Å². The van der Waals surface area contributed by atoms with E-state index in [0.29, 0.717) is 0 Å². The average molecular weight is 484 g/mol.